The van der Waals surface area contributed by atoms with Gasteiger partial charge in [0.15, 0.2) is 0 Å². The Morgan fingerprint density at radius 2 is 1.84 bits per heavy atom. The molecule has 0 aliphatic rings. The molecule has 0 aliphatic carbocycles. The summed E-state index contributed by atoms with van der Waals surface area (Å²) in [6.07, 6.45) is 1.65. The van der Waals surface area contributed by atoms with E-state index in [1.165, 1.54) is 0 Å². The van der Waals surface area contributed by atoms with Gasteiger partial charge in [-0.1, -0.05) is 17.7 Å². The Balaban J connectivity index is 2.11. The van der Waals surface area contributed by atoms with Crippen LogP contribution in [0, 0.1) is 0 Å². The number of aromatic hydroxyl groups is 1. The number of phenolic OH excluding ortho intramolecular Hbond substituents is 1. The maximum Gasteiger partial charge on any atom is 0.143 e. The topological polar surface area (TPSA) is 44.6 Å². The van der Waals surface area contributed by atoms with Gasteiger partial charge in [-0.3, -0.25) is 5.43 Å². The second-order valence-corrected chi connectivity index (χ2v) is 5.86. The fourth-order valence-electron chi connectivity index (χ4n) is 1.40. The molecule has 2 N–H and O–H groups in total. The third-order valence-corrected chi connectivity index (χ3v) is 3.72. The third kappa shape index (κ3) is 3.96. The molecule has 2 aromatic rings. The van der Waals surface area contributed by atoms with Gasteiger partial charge < -0.3 is 5.11 Å². The molecule has 0 amide bonds. The first-order chi connectivity index (χ1) is 9.06. The lowest BCUT2D eigenvalue weighted by Gasteiger charge is -2.03. The summed E-state index contributed by atoms with van der Waals surface area (Å²) in [5, 5.41) is 14.4. The van der Waals surface area contributed by atoms with Crippen LogP contribution in [0.25, 0.3) is 0 Å². The number of hydrogen-bond acceptors (Lipinski definition) is 3. The van der Waals surface area contributed by atoms with Crippen molar-refractivity contribution < 1.29 is 5.11 Å². The van der Waals surface area contributed by atoms with Crippen LogP contribution < -0.4 is 5.43 Å². The van der Waals surface area contributed by atoms with Gasteiger partial charge in [0, 0.05) is 5.02 Å². The number of nitrogens with one attached hydrogen (secondary N) is 1. The summed E-state index contributed by atoms with van der Waals surface area (Å²) in [6.45, 7) is 0. The molecule has 0 aliphatic heterocycles. The monoisotopic (exact) mass is 402 g/mol. The first-order valence-electron chi connectivity index (χ1n) is 5.29. The van der Waals surface area contributed by atoms with Gasteiger partial charge in [0.25, 0.3) is 0 Å². The Labute approximate surface area is 132 Å². The van der Waals surface area contributed by atoms with Crippen LogP contribution in [0.1, 0.15) is 5.56 Å². The van der Waals surface area contributed by atoms with Crippen molar-refractivity contribution in [3.63, 3.8) is 0 Å². The largest absolute Gasteiger partial charge is 0.506 e. The van der Waals surface area contributed by atoms with E-state index < -0.39 is 0 Å². The number of nitrogens with zero attached hydrogens (tertiary/aromatic N) is 1. The summed E-state index contributed by atoms with van der Waals surface area (Å²) in [5.74, 6) is 0.167. The predicted octanol–water partition coefficient (Wildman–Crippen LogP) is 5.02. The van der Waals surface area contributed by atoms with Crippen molar-refractivity contribution in [2.45, 2.75) is 0 Å². The molecule has 0 unspecified atom stereocenters. The van der Waals surface area contributed by atoms with Gasteiger partial charge in [0.2, 0.25) is 0 Å². The van der Waals surface area contributed by atoms with E-state index >= 15 is 0 Å². The van der Waals surface area contributed by atoms with Gasteiger partial charge in [-0.25, -0.2) is 0 Å². The maximum atomic E-state index is 9.60. The van der Waals surface area contributed by atoms with Crippen molar-refractivity contribution >= 4 is 55.4 Å². The lowest BCUT2D eigenvalue weighted by atomic mass is 10.2. The summed E-state index contributed by atoms with van der Waals surface area (Å²) >= 11 is 12.4. The lowest BCUT2D eigenvalue weighted by molar-refractivity contribution is 0.468. The zero-order valence-electron chi connectivity index (χ0n) is 9.57. The molecule has 3 nitrogen and oxygen atoms in total. The Morgan fingerprint density at radius 1 is 1.16 bits per heavy atom. The van der Waals surface area contributed by atoms with Gasteiger partial charge in [-0.15, -0.1) is 0 Å². The van der Waals surface area contributed by atoms with Gasteiger partial charge in [-0.05, 0) is 67.8 Å². The van der Waals surface area contributed by atoms with Crippen LogP contribution in [0.5, 0.6) is 5.75 Å². The van der Waals surface area contributed by atoms with Crippen molar-refractivity contribution in [3.05, 3.63) is 55.9 Å². The molecular weight excluding hydrogens is 395 g/mol. The quantitative estimate of drug-likeness (QED) is 0.558. The summed E-state index contributed by atoms with van der Waals surface area (Å²) in [6, 6.07) is 10.8. The highest BCUT2D eigenvalue weighted by molar-refractivity contribution is 9.11. The standard InChI is InChI=1S/C13H9Br2ClN2O/c14-11-4-8(5-12(15)13(11)19)7-17-18-10-3-1-2-9(16)6-10/h1-7,18-19H. The highest BCUT2D eigenvalue weighted by Crippen LogP contribution is 2.32. The zero-order chi connectivity index (χ0) is 13.8. The van der Waals surface area contributed by atoms with E-state index in [9.17, 15) is 5.11 Å². The highest BCUT2D eigenvalue weighted by Gasteiger charge is 2.04. The minimum atomic E-state index is 0.167. The molecule has 2 aromatic carbocycles. The summed E-state index contributed by atoms with van der Waals surface area (Å²) in [5.41, 5.74) is 4.52. The number of rotatable bonds is 3. The minimum Gasteiger partial charge on any atom is -0.506 e. The average molecular weight is 404 g/mol. The fraction of sp³-hybridized carbons (Fsp3) is 0. The number of benzene rings is 2. The first kappa shape index (κ1) is 14.4. The van der Waals surface area contributed by atoms with Crippen molar-refractivity contribution in [1.29, 1.82) is 0 Å². The zero-order valence-corrected chi connectivity index (χ0v) is 13.5. The molecule has 6 heteroatoms. The van der Waals surface area contributed by atoms with E-state index in [2.05, 4.69) is 42.4 Å². The van der Waals surface area contributed by atoms with Crippen molar-refractivity contribution in [1.82, 2.24) is 0 Å². The average Bonchev–Trinajstić information content (AvgIpc) is 2.36. The van der Waals surface area contributed by atoms with Gasteiger partial charge in [0.05, 0.1) is 20.8 Å². The van der Waals surface area contributed by atoms with Crippen LogP contribution in [-0.4, -0.2) is 11.3 Å². The second-order valence-electron chi connectivity index (χ2n) is 3.71. The van der Waals surface area contributed by atoms with Crippen LogP contribution in [-0.2, 0) is 0 Å². The van der Waals surface area contributed by atoms with Crippen LogP contribution in [0.4, 0.5) is 5.69 Å². The first-order valence-corrected chi connectivity index (χ1v) is 7.25. The maximum absolute atomic E-state index is 9.60. The third-order valence-electron chi connectivity index (χ3n) is 2.27. The molecule has 0 spiro atoms. The summed E-state index contributed by atoms with van der Waals surface area (Å²) in [7, 11) is 0. The van der Waals surface area contributed by atoms with E-state index in [1.54, 1.807) is 30.5 Å². The smallest absolute Gasteiger partial charge is 0.143 e. The highest BCUT2D eigenvalue weighted by atomic mass is 79.9. The van der Waals surface area contributed by atoms with E-state index in [0.717, 1.165) is 11.3 Å². The van der Waals surface area contributed by atoms with E-state index in [0.29, 0.717) is 14.0 Å². The molecule has 0 aromatic heterocycles. The Kier molecular flexibility index (Phi) is 4.85. The summed E-state index contributed by atoms with van der Waals surface area (Å²) < 4.78 is 1.21. The molecular formula is C13H9Br2ClN2O. The molecule has 19 heavy (non-hydrogen) atoms. The fourth-order valence-corrected chi connectivity index (χ4v) is 2.81. The number of anilines is 1. The second kappa shape index (κ2) is 6.41. The molecule has 2 rings (SSSR count). The van der Waals surface area contributed by atoms with Gasteiger partial charge >= 0.3 is 0 Å². The Bertz CT molecular complexity index is 609. The van der Waals surface area contributed by atoms with Crippen molar-refractivity contribution in [3.8, 4) is 5.75 Å². The number of phenols is 1. The van der Waals surface area contributed by atoms with Gasteiger partial charge in [0.1, 0.15) is 5.75 Å². The van der Waals surface area contributed by atoms with Crippen LogP contribution >= 0.6 is 43.5 Å². The number of halogens is 3. The van der Waals surface area contributed by atoms with E-state index in [-0.39, 0.29) is 5.75 Å². The molecule has 0 saturated heterocycles. The normalized spacial score (nSPS) is 10.9. The Hall–Kier alpha value is -1.04. The molecule has 0 radical (unpaired) electrons. The Morgan fingerprint density at radius 3 is 2.47 bits per heavy atom. The van der Waals surface area contributed by atoms with Crippen LogP contribution in [0.15, 0.2) is 50.4 Å². The van der Waals surface area contributed by atoms with Gasteiger partial charge in [-0.2, -0.15) is 5.10 Å². The van der Waals surface area contributed by atoms with Crippen LogP contribution in [0.3, 0.4) is 0 Å². The van der Waals surface area contributed by atoms with E-state index in [4.69, 9.17) is 11.6 Å². The van der Waals surface area contributed by atoms with Crippen molar-refractivity contribution in [2.24, 2.45) is 5.10 Å². The van der Waals surface area contributed by atoms with E-state index in [1.807, 2.05) is 12.1 Å². The molecule has 0 atom stereocenters. The SMILES string of the molecule is Oc1c(Br)cc(C=NNc2cccc(Cl)c2)cc1Br. The predicted molar refractivity (Wildman–Crippen MR) is 86.2 cm³/mol. The van der Waals surface area contributed by atoms with Crippen LogP contribution in [0.2, 0.25) is 5.02 Å². The molecule has 0 bridgehead atoms. The molecule has 0 fully saturated rings. The molecule has 0 saturated carbocycles. The number of hydrogen-bond donors (Lipinski definition) is 2. The molecule has 0 heterocycles. The number of hydrazone groups is 1. The summed E-state index contributed by atoms with van der Waals surface area (Å²) in [4.78, 5) is 0. The minimum absolute atomic E-state index is 0.167. The lowest BCUT2D eigenvalue weighted by Crippen LogP contribution is -1.90. The van der Waals surface area contributed by atoms with Crippen molar-refractivity contribution in [2.75, 3.05) is 5.43 Å². The molecule has 98 valence electrons.